The zero-order valence-corrected chi connectivity index (χ0v) is 8.96. The zero-order chi connectivity index (χ0) is 10.4. The molecule has 3 nitrogen and oxygen atoms in total. The zero-order valence-electron chi connectivity index (χ0n) is 8.96. The first kappa shape index (κ1) is 11.0. The molecule has 1 aromatic carbocycles. The highest BCUT2D eigenvalue weighted by atomic mass is 16.6. The van der Waals surface area contributed by atoms with Gasteiger partial charge in [0.1, 0.15) is 12.4 Å². The van der Waals surface area contributed by atoms with Gasteiger partial charge in [-0.05, 0) is 25.0 Å². The first-order valence-corrected chi connectivity index (χ1v) is 4.70. The summed E-state index contributed by atoms with van der Waals surface area (Å²) in [6.07, 6.45) is 0. The number of ether oxygens (including phenoxy) is 1. The largest absolute Gasteiger partial charge is 0.492 e. The SMILES string of the molecule is CONCCOc1c(C)cccc1C. The fraction of sp³-hybridized carbons (Fsp3) is 0.455. The van der Waals surface area contributed by atoms with Crippen molar-refractivity contribution in [2.75, 3.05) is 20.3 Å². The van der Waals surface area contributed by atoms with E-state index in [9.17, 15) is 0 Å². The minimum absolute atomic E-state index is 0.611. The molecular weight excluding hydrogens is 178 g/mol. The van der Waals surface area contributed by atoms with Crippen molar-refractivity contribution in [3.63, 3.8) is 0 Å². The van der Waals surface area contributed by atoms with Gasteiger partial charge in [-0.25, -0.2) is 0 Å². The number of hydrogen-bond acceptors (Lipinski definition) is 3. The summed E-state index contributed by atoms with van der Waals surface area (Å²) < 4.78 is 5.63. The molecule has 0 fully saturated rings. The van der Waals surface area contributed by atoms with Gasteiger partial charge in [0, 0.05) is 0 Å². The Labute approximate surface area is 85.0 Å². The minimum Gasteiger partial charge on any atom is -0.492 e. The Morgan fingerprint density at radius 3 is 2.43 bits per heavy atom. The molecule has 0 aliphatic heterocycles. The van der Waals surface area contributed by atoms with E-state index in [0.717, 1.165) is 5.75 Å². The normalized spacial score (nSPS) is 10.2. The van der Waals surface area contributed by atoms with Crippen LogP contribution in [-0.2, 0) is 4.84 Å². The molecule has 0 unspecified atom stereocenters. The molecule has 0 aliphatic carbocycles. The Hall–Kier alpha value is -1.06. The maximum Gasteiger partial charge on any atom is 0.125 e. The molecule has 0 bridgehead atoms. The van der Waals surface area contributed by atoms with Gasteiger partial charge in [0.05, 0.1) is 13.7 Å². The molecule has 1 rings (SSSR count). The number of benzene rings is 1. The third-order valence-electron chi connectivity index (χ3n) is 2.00. The van der Waals surface area contributed by atoms with E-state index in [4.69, 9.17) is 9.57 Å². The molecule has 78 valence electrons. The molecular formula is C11H17NO2. The number of hydroxylamine groups is 1. The monoisotopic (exact) mass is 195 g/mol. The molecule has 0 aromatic heterocycles. The molecule has 0 spiro atoms. The second-order valence-corrected chi connectivity index (χ2v) is 3.17. The van der Waals surface area contributed by atoms with Gasteiger partial charge in [0.2, 0.25) is 0 Å². The molecule has 0 amide bonds. The standard InChI is InChI=1S/C11H17NO2/c1-9-5-4-6-10(2)11(9)14-8-7-12-13-3/h4-6,12H,7-8H2,1-3H3. The lowest BCUT2D eigenvalue weighted by molar-refractivity contribution is 0.0806. The van der Waals surface area contributed by atoms with Crippen molar-refractivity contribution in [1.82, 2.24) is 5.48 Å². The predicted octanol–water partition coefficient (Wildman–Crippen LogP) is 1.83. The summed E-state index contributed by atoms with van der Waals surface area (Å²) in [4.78, 5) is 4.71. The Kier molecular flexibility index (Phi) is 4.43. The van der Waals surface area contributed by atoms with Crippen LogP contribution in [0.4, 0.5) is 0 Å². The van der Waals surface area contributed by atoms with Crippen molar-refractivity contribution in [1.29, 1.82) is 0 Å². The molecule has 1 N–H and O–H groups in total. The van der Waals surface area contributed by atoms with Crippen molar-refractivity contribution in [3.05, 3.63) is 29.3 Å². The topological polar surface area (TPSA) is 30.5 Å². The first-order valence-electron chi connectivity index (χ1n) is 4.70. The summed E-state index contributed by atoms with van der Waals surface area (Å²) in [5, 5.41) is 0. The lowest BCUT2D eigenvalue weighted by atomic mass is 10.1. The maximum absolute atomic E-state index is 5.63. The molecule has 0 atom stereocenters. The van der Waals surface area contributed by atoms with Crippen molar-refractivity contribution in [2.45, 2.75) is 13.8 Å². The lowest BCUT2D eigenvalue weighted by Gasteiger charge is -2.11. The van der Waals surface area contributed by atoms with E-state index >= 15 is 0 Å². The number of nitrogens with one attached hydrogen (secondary N) is 1. The summed E-state index contributed by atoms with van der Waals surface area (Å²) in [6.45, 7) is 5.39. The van der Waals surface area contributed by atoms with Gasteiger partial charge in [-0.15, -0.1) is 0 Å². The summed E-state index contributed by atoms with van der Waals surface area (Å²) >= 11 is 0. The van der Waals surface area contributed by atoms with E-state index in [1.807, 2.05) is 32.0 Å². The summed E-state index contributed by atoms with van der Waals surface area (Å²) in [5.74, 6) is 0.977. The molecule has 0 aliphatic rings. The Balaban J connectivity index is 2.49. The van der Waals surface area contributed by atoms with E-state index in [1.54, 1.807) is 7.11 Å². The summed E-state index contributed by atoms with van der Waals surface area (Å²) in [6, 6.07) is 6.13. The molecule has 0 radical (unpaired) electrons. The van der Waals surface area contributed by atoms with Crippen LogP contribution >= 0.6 is 0 Å². The van der Waals surface area contributed by atoms with Gasteiger partial charge in [0.15, 0.2) is 0 Å². The van der Waals surface area contributed by atoms with E-state index in [-0.39, 0.29) is 0 Å². The highest BCUT2D eigenvalue weighted by molar-refractivity contribution is 5.39. The maximum atomic E-state index is 5.63. The molecule has 0 heterocycles. The smallest absolute Gasteiger partial charge is 0.125 e. The van der Waals surface area contributed by atoms with Gasteiger partial charge < -0.3 is 9.57 Å². The van der Waals surface area contributed by atoms with Crippen LogP contribution in [0.25, 0.3) is 0 Å². The van der Waals surface area contributed by atoms with Crippen LogP contribution < -0.4 is 10.2 Å². The Morgan fingerprint density at radius 2 is 1.86 bits per heavy atom. The Bertz CT molecular complexity index is 266. The Morgan fingerprint density at radius 1 is 1.21 bits per heavy atom. The highest BCUT2D eigenvalue weighted by Crippen LogP contribution is 2.21. The van der Waals surface area contributed by atoms with Crippen LogP contribution in [0.2, 0.25) is 0 Å². The first-order chi connectivity index (χ1) is 6.75. The minimum atomic E-state index is 0.611. The van der Waals surface area contributed by atoms with Crippen LogP contribution in [0.5, 0.6) is 5.75 Å². The number of aryl methyl sites for hydroxylation is 2. The van der Waals surface area contributed by atoms with Crippen molar-refractivity contribution in [2.24, 2.45) is 0 Å². The van der Waals surface area contributed by atoms with Gasteiger partial charge in [-0.3, -0.25) is 0 Å². The van der Waals surface area contributed by atoms with E-state index in [1.165, 1.54) is 11.1 Å². The lowest BCUT2D eigenvalue weighted by Crippen LogP contribution is -2.19. The molecule has 0 saturated carbocycles. The van der Waals surface area contributed by atoms with Crippen LogP contribution in [0.3, 0.4) is 0 Å². The third kappa shape index (κ3) is 3.01. The van der Waals surface area contributed by atoms with Crippen LogP contribution in [0, 0.1) is 13.8 Å². The van der Waals surface area contributed by atoms with Gasteiger partial charge in [-0.2, -0.15) is 5.48 Å². The van der Waals surface area contributed by atoms with Crippen LogP contribution in [0.1, 0.15) is 11.1 Å². The van der Waals surface area contributed by atoms with Crippen LogP contribution in [-0.4, -0.2) is 20.3 Å². The predicted molar refractivity (Wildman–Crippen MR) is 56.4 cm³/mol. The van der Waals surface area contributed by atoms with Gasteiger partial charge >= 0.3 is 0 Å². The van der Waals surface area contributed by atoms with Crippen molar-refractivity contribution >= 4 is 0 Å². The van der Waals surface area contributed by atoms with Crippen LogP contribution in [0.15, 0.2) is 18.2 Å². The summed E-state index contributed by atoms with van der Waals surface area (Å²) in [7, 11) is 1.60. The van der Waals surface area contributed by atoms with E-state index in [2.05, 4.69) is 5.48 Å². The van der Waals surface area contributed by atoms with E-state index < -0.39 is 0 Å². The third-order valence-corrected chi connectivity index (χ3v) is 2.00. The van der Waals surface area contributed by atoms with Crippen molar-refractivity contribution in [3.8, 4) is 5.75 Å². The quantitative estimate of drug-likeness (QED) is 0.574. The number of hydrogen-bond donors (Lipinski definition) is 1. The number of rotatable bonds is 5. The van der Waals surface area contributed by atoms with Gasteiger partial charge in [-0.1, -0.05) is 18.2 Å². The second kappa shape index (κ2) is 5.62. The molecule has 3 heteroatoms. The highest BCUT2D eigenvalue weighted by Gasteiger charge is 2.01. The average Bonchev–Trinajstić information content (AvgIpc) is 2.16. The average molecular weight is 195 g/mol. The molecule has 14 heavy (non-hydrogen) atoms. The molecule has 0 saturated heterocycles. The fourth-order valence-electron chi connectivity index (χ4n) is 1.32. The second-order valence-electron chi connectivity index (χ2n) is 3.17. The molecule has 1 aromatic rings. The van der Waals surface area contributed by atoms with E-state index in [0.29, 0.717) is 13.2 Å². The number of para-hydroxylation sites is 1. The summed E-state index contributed by atoms with van der Waals surface area (Å²) in [5.41, 5.74) is 5.07. The van der Waals surface area contributed by atoms with Crippen molar-refractivity contribution < 1.29 is 9.57 Å². The fourth-order valence-corrected chi connectivity index (χ4v) is 1.32. The van der Waals surface area contributed by atoms with Gasteiger partial charge in [0.25, 0.3) is 0 Å².